The number of nitrogens with one attached hydrogen (secondary N) is 1. The number of anilines is 1. The molecule has 3 nitrogen and oxygen atoms in total. The smallest absolute Gasteiger partial charge is 0.255 e. The van der Waals surface area contributed by atoms with Crippen LogP contribution in [0.5, 0.6) is 5.75 Å². The summed E-state index contributed by atoms with van der Waals surface area (Å²) in [7, 11) is 0. The van der Waals surface area contributed by atoms with Crippen LogP contribution >= 0.6 is 0 Å². The Bertz CT molecular complexity index is 586. The first-order valence-electron chi connectivity index (χ1n) is 7.15. The quantitative estimate of drug-likeness (QED) is 0.889. The van der Waals surface area contributed by atoms with Gasteiger partial charge in [0, 0.05) is 11.3 Å². The Labute approximate surface area is 126 Å². The van der Waals surface area contributed by atoms with E-state index in [4.69, 9.17) is 4.74 Å². The monoisotopic (exact) mass is 283 g/mol. The van der Waals surface area contributed by atoms with Crippen molar-refractivity contribution in [3.05, 3.63) is 59.7 Å². The molecule has 0 spiro atoms. The van der Waals surface area contributed by atoms with Gasteiger partial charge in [0.2, 0.25) is 0 Å². The van der Waals surface area contributed by atoms with Crippen molar-refractivity contribution >= 4 is 11.6 Å². The number of amides is 1. The van der Waals surface area contributed by atoms with Crippen molar-refractivity contribution in [2.24, 2.45) is 5.92 Å². The summed E-state index contributed by atoms with van der Waals surface area (Å²) in [4.78, 5) is 12.1. The zero-order chi connectivity index (χ0) is 15.2. The maximum absolute atomic E-state index is 12.1. The average Bonchev–Trinajstić information content (AvgIpc) is 2.47. The van der Waals surface area contributed by atoms with Crippen LogP contribution in [0, 0.1) is 12.8 Å². The zero-order valence-corrected chi connectivity index (χ0v) is 12.7. The molecule has 0 aliphatic rings. The second kappa shape index (κ2) is 6.93. The van der Waals surface area contributed by atoms with Gasteiger partial charge in [-0.3, -0.25) is 4.79 Å². The van der Waals surface area contributed by atoms with E-state index in [1.807, 2.05) is 55.5 Å². The molecular weight excluding hydrogens is 262 g/mol. The summed E-state index contributed by atoms with van der Waals surface area (Å²) < 4.78 is 5.61. The first-order chi connectivity index (χ1) is 10.0. The Kier molecular flexibility index (Phi) is 4.99. The summed E-state index contributed by atoms with van der Waals surface area (Å²) in [5.41, 5.74) is 2.55. The number of ether oxygens (including phenoxy) is 1. The fourth-order valence-corrected chi connectivity index (χ4v) is 1.81. The van der Waals surface area contributed by atoms with E-state index in [1.165, 1.54) is 0 Å². The highest BCUT2D eigenvalue weighted by molar-refractivity contribution is 6.04. The van der Waals surface area contributed by atoms with Gasteiger partial charge in [-0.2, -0.15) is 0 Å². The van der Waals surface area contributed by atoms with Gasteiger partial charge < -0.3 is 10.1 Å². The highest BCUT2D eigenvalue weighted by Crippen LogP contribution is 2.17. The van der Waals surface area contributed by atoms with Crippen molar-refractivity contribution in [3.8, 4) is 5.75 Å². The largest absolute Gasteiger partial charge is 0.493 e. The van der Waals surface area contributed by atoms with Crippen molar-refractivity contribution in [1.82, 2.24) is 0 Å². The fraction of sp³-hybridized carbons (Fsp3) is 0.278. The number of rotatable bonds is 5. The van der Waals surface area contributed by atoms with Crippen molar-refractivity contribution in [3.63, 3.8) is 0 Å². The van der Waals surface area contributed by atoms with E-state index >= 15 is 0 Å². The van der Waals surface area contributed by atoms with E-state index in [1.54, 1.807) is 0 Å². The maximum atomic E-state index is 12.1. The lowest BCUT2D eigenvalue weighted by molar-refractivity contribution is 0.102. The molecule has 0 radical (unpaired) electrons. The number of benzene rings is 2. The molecule has 0 unspecified atom stereocenters. The van der Waals surface area contributed by atoms with Crippen LogP contribution in [-0.2, 0) is 0 Å². The minimum absolute atomic E-state index is 0.106. The molecule has 0 saturated heterocycles. The molecule has 0 aliphatic heterocycles. The molecular formula is C18H21NO2. The molecule has 0 atom stereocenters. The summed E-state index contributed by atoms with van der Waals surface area (Å²) in [5.74, 6) is 1.20. The Morgan fingerprint density at radius 3 is 2.24 bits per heavy atom. The van der Waals surface area contributed by atoms with Gasteiger partial charge in [0.25, 0.3) is 5.91 Å². The summed E-state index contributed by atoms with van der Waals surface area (Å²) in [6.45, 7) is 6.90. The SMILES string of the molecule is Cc1ccc(C(=O)Nc2ccc(OCC(C)C)cc2)cc1. The second-order valence-corrected chi connectivity index (χ2v) is 5.55. The molecule has 2 rings (SSSR count). The molecule has 0 aromatic heterocycles. The average molecular weight is 283 g/mol. The van der Waals surface area contributed by atoms with Crippen LogP contribution in [0.3, 0.4) is 0 Å². The summed E-state index contributed by atoms with van der Waals surface area (Å²) in [6, 6.07) is 14.9. The predicted octanol–water partition coefficient (Wildman–Crippen LogP) is 4.28. The van der Waals surface area contributed by atoms with Gasteiger partial charge in [-0.05, 0) is 49.2 Å². The lowest BCUT2D eigenvalue weighted by atomic mass is 10.1. The Balaban J connectivity index is 1.96. The third-order valence-corrected chi connectivity index (χ3v) is 3.01. The molecule has 0 aliphatic carbocycles. The van der Waals surface area contributed by atoms with Crippen LogP contribution in [0.25, 0.3) is 0 Å². The van der Waals surface area contributed by atoms with Crippen molar-refractivity contribution < 1.29 is 9.53 Å². The first kappa shape index (κ1) is 15.1. The molecule has 0 saturated carbocycles. The van der Waals surface area contributed by atoms with E-state index in [-0.39, 0.29) is 5.91 Å². The number of carbonyl (C=O) groups is 1. The molecule has 3 heteroatoms. The normalized spacial score (nSPS) is 10.5. The Morgan fingerprint density at radius 2 is 1.67 bits per heavy atom. The standard InChI is InChI=1S/C18H21NO2/c1-13(2)12-21-17-10-8-16(9-11-17)19-18(20)15-6-4-14(3)5-7-15/h4-11,13H,12H2,1-3H3,(H,19,20). The summed E-state index contributed by atoms with van der Waals surface area (Å²) in [5, 5.41) is 2.88. The molecule has 0 bridgehead atoms. The number of hydrogen-bond acceptors (Lipinski definition) is 2. The number of hydrogen-bond donors (Lipinski definition) is 1. The maximum Gasteiger partial charge on any atom is 0.255 e. The van der Waals surface area contributed by atoms with Gasteiger partial charge in [0.15, 0.2) is 0 Å². The summed E-state index contributed by atoms with van der Waals surface area (Å²) in [6.07, 6.45) is 0. The predicted molar refractivity (Wildman–Crippen MR) is 85.9 cm³/mol. The number of aryl methyl sites for hydroxylation is 1. The van der Waals surface area contributed by atoms with Crippen LogP contribution < -0.4 is 10.1 Å². The third kappa shape index (κ3) is 4.63. The number of carbonyl (C=O) groups excluding carboxylic acids is 1. The van der Waals surface area contributed by atoms with Crippen LogP contribution in [-0.4, -0.2) is 12.5 Å². The third-order valence-electron chi connectivity index (χ3n) is 3.01. The molecule has 1 amide bonds. The van der Waals surface area contributed by atoms with Crippen LogP contribution in [0.2, 0.25) is 0 Å². The molecule has 21 heavy (non-hydrogen) atoms. The van der Waals surface area contributed by atoms with Gasteiger partial charge in [0.1, 0.15) is 5.75 Å². The molecule has 2 aromatic rings. The van der Waals surface area contributed by atoms with Crippen molar-refractivity contribution in [2.45, 2.75) is 20.8 Å². The van der Waals surface area contributed by atoms with Crippen LogP contribution in [0.1, 0.15) is 29.8 Å². The van der Waals surface area contributed by atoms with Crippen LogP contribution in [0.4, 0.5) is 5.69 Å². The van der Waals surface area contributed by atoms with Crippen LogP contribution in [0.15, 0.2) is 48.5 Å². The minimum Gasteiger partial charge on any atom is -0.493 e. The van der Waals surface area contributed by atoms with E-state index in [9.17, 15) is 4.79 Å². The van der Waals surface area contributed by atoms with E-state index in [2.05, 4.69) is 19.2 Å². The lowest BCUT2D eigenvalue weighted by Gasteiger charge is -2.10. The van der Waals surface area contributed by atoms with Gasteiger partial charge in [-0.25, -0.2) is 0 Å². The Hall–Kier alpha value is -2.29. The second-order valence-electron chi connectivity index (χ2n) is 5.55. The molecule has 2 aromatic carbocycles. The van der Waals surface area contributed by atoms with Crippen molar-refractivity contribution in [2.75, 3.05) is 11.9 Å². The lowest BCUT2D eigenvalue weighted by Crippen LogP contribution is -2.11. The fourth-order valence-electron chi connectivity index (χ4n) is 1.81. The molecule has 0 heterocycles. The topological polar surface area (TPSA) is 38.3 Å². The molecule has 110 valence electrons. The van der Waals surface area contributed by atoms with E-state index in [0.29, 0.717) is 18.1 Å². The van der Waals surface area contributed by atoms with Gasteiger partial charge in [-0.1, -0.05) is 31.5 Å². The first-order valence-corrected chi connectivity index (χ1v) is 7.15. The van der Waals surface area contributed by atoms with Gasteiger partial charge >= 0.3 is 0 Å². The highest BCUT2D eigenvalue weighted by Gasteiger charge is 2.05. The Morgan fingerprint density at radius 1 is 1.05 bits per heavy atom. The van der Waals surface area contributed by atoms with E-state index < -0.39 is 0 Å². The van der Waals surface area contributed by atoms with Gasteiger partial charge in [-0.15, -0.1) is 0 Å². The van der Waals surface area contributed by atoms with Gasteiger partial charge in [0.05, 0.1) is 6.61 Å². The zero-order valence-electron chi connectivity index (χ0n) is 12.7. The van der Waals surface area contributed by atoms with E-state index in [0.717, 1.165) is 17.0 Å². The summed E-state index contributed by atoms with van der Waals surface area (Å²) >= 11 is 0. The molecule has 1 N–H and O–H groups in total. The highest BCUT2D eigenvalue weighted by atomic mass is 16.5. The minimum atomic E-state index is -0.106. The van der Waals surface area contributed by atoms with Crippen molar-refractivity contribution in [1.29, 1.82) is 0 Å². The molecule has 0 fully saturated rings.